The SMILES string of the molecule is CCc1[nH]c(=O)ccc1C(=O)N1C[C@@H](c2ccccc2)O[C@@H](C2CC2)C1. The van der Waals surface area contributed by atoms with Crippen molar-refractivity contribution < 1.29 is 9.53 Å². The summed E-state index contributed by atoms with van der Waals surface area (Å²) in [6.45, 7) is 3.10. The first kappa shape index (κ1) is 17.0. The molecule has 1 amide bonds. The van der Waals surface area contributed by atoms with Gasteiger partial charge in [0.15, 0.2) is 0 Å². The molecule has 5 nitrogen and oxygen atoms in total. The number of aromatic nitrogens is 1. The highest BCUT2D eigenvalue weighted by molar-refractivity contribution is 5.95. The Hall–Kier alpha value is -2.40. The lowest BCUT2D eigenvalue weighted by Crippen LogP contribution is -2.48. The zero-order valence-corrected chi connectivity index (χ0v) is 15.0. The van der Waals surface area contributed by atoms with Crippen LogP contribution in [0.1, 0.15) is 47.5 Å². The van der Waals surface area contributed by atoms with Gasteiger partial charge in [0.25, 0.3) is 5.91 Å². The molecule has 1 aliphatic heterocycles. The highest BCUT2D eigenvalue weighted by atomic mass is 16.5. The van der Waals surface area contributed by atoms with E-state index >= 15 is 0 Å². The fourth-order valence-electron chi connectivity index (χ4n) is 3.70. The number of nitrogens with one attached hydrogen (secondary N) is 1. The molecule has 0 radical (unpaired) electrons. The number of benzene rings is 1. The van der Waals surface area contributed by atoms with Gasteiger partial charge >= 0.3 is 0 Å². The lowest BCUT2D eigenvalue weighted by molar-refractivity contribution is -0.0864. The highest BCUT2D eigenvalue weighted by Gasteiger charge is 2.40. The van der Waals surface area contributed by atoms with Crippen molar-refractivity contribution in [3.8, 4) is 0 Å². The van der Waals surface area contributed by atoms with E-state index in [1.165, 1.54) is 18.9 Å². The first-order valence-corrected chi connectivity index (χ1v) is 9.37. The molecule has 0 spiro atoms. The van der Waals surface area contributed by atoms with Crippen LogP contribution in [0.4, 0.5) is 0 Å². The van der Waals surface area contributed by atoms with Crippen LogP contribution in [-0.2, 0) is 11.2 Å². The van der Waals surface area contributed by atoms with Crippen LogP contribution < -0.4 is 5.56 Å². The predicted molar refractivity (Wildman–Crippen MR) is 99.1 cm³/mol. The number of aryl methyl sites for hydroxylation is 1. The molecule has 1 saturated heterocycles. The van der Waals surface area contributed by atoms with Crippen molar-refractivity contribution in [2.45, 2.75) is 38.4 Å². The second kappa shape index (κ2) is 7.08. The quantitative estimate of drug-likeness (QED) is 0.920. The summed E-state index contributed by atoms with van der Waals surface area (Å²) in [7, 11) is 0. The van der Waals surface area contributed by atoms with Gasteiger partial charge in [-0.15, -0.1) is 0 Å². The van der Waals surface area contributed by atoms with E-state index in [-0.39, 0.29) is 23.7 Å². The maximum Gasteiger partial charge on any atom is 0.255 e. The van der Waals surface area contributed by atoms with Gasteiger partial charge in [-0.25, -0.2) is 0 Å². The molecule has 1 aliphatic carbocycles. The van der Waals surface area contributed by atoms with Gasteiger partial charge in [0.05, 0.1) is 18.2 Å². The Morgan fingerprint density at radius 1 is 1.15 bits per heavy atom. The Morgan fingerprint density at radius 3 is 2.62 bits per heavy atom. The molecule has 1 N–H and O–H groups in total. The predicted octanol–water partition coefficient (Wildman–Crippen LogP) is 2.93. The standard InChI is InChI=1S/C21H24N2O3/c1-2-17-16(10-11-20(24)22-17)21(25)23-12-18(14-6-4-3-5-7-14)26-19(13-23)15-8-9-15/h3-7,10-11,15,18-19H,2,8-9,12-13H2,1H3,(H,22,24)/t18-,19+/m0/s1. The number of amides is 1. The normalized spacial score (nSPS) is 23.0. The van der Waals surface area contributed by atoms with Crippen molar-refractivity contribution >= 4 is 5.91 Å². The Labute approximate surface area is 153 Å². The third kappa shape index (κ3) is 3.44. The summed E-state index contributed by atoms with van der Waals surface area (Å²) >= 11 is 0. The molecular weight excluding hydrogens is 328 g/mol. The lowest BCUT2D eigenvalue weighted by atomic mass is 10.0. The summed E-state index contributed by atoms with van der Waals surface area (Å²) in [4.78, 5) is 29.5. The second-order valence-electron chi connectivity index (χ2n) is 7.19. The lowest BCUT2D eigenvalue weighted by Gasteiger charge is -2.39. The fourth-order valence-corrected chi connectivity index (χ4v) is 3.70. The minimum atomic E-state index is -0.168. The third-order valence-corrected chi connectivity index (χ3v) is 5.32. The first-order valence-electron chi connectivity index (χ1n) is 9.37. The maximum atomic E-state index is 13.2. The smallest absolute Gasteiger partial charge is 0.255 e. The van der Waals surface area contributed by atoms with E-state index in [0.29, 0.717) is 36.7 Å². The Morgan fingerprint density at radius 2 is 1.92 bits per heavy atom. The average molecular weight is 352 g/mol. The number of carbonyl (C=O) groups excluding carboxylic acids is 1. The van der Waals surface area contributed by atoms with Gasteiger partial charge in [0.2, 0.25) is 5.56 Å². The monoisotopic (exact) mass is 352 g/mol. The van der Waals surface area contributed by atoms with Crippen molar-refractivity contribution in [2.24, 2.45) is 5.92 Å². The van der Waals surface area contributed by atoms with E-state index in [9.17, 15) is 9.59 Å². The number of aromatic amines is 1. The van der Waals surface area contributed by atoms with Crippen molar-refractivity contribution in [1.82, 2.24) is 9.88 Å². The minimum Gasteiger partial charge on any atom is -0.366 e. The second-order valence-corrected chi connectivity index (χ2v) is 7.19. The third-order valence-electron chi connectivity index (χ3n) is 5.32. The van der Waals surface area contributed by atoms with Crippen LogP contribution >= 0.6 is 0 Å². The maximum absolute atomic E-state index is 13.2. The summed E-state index contributed by atoms with van der Waals surface area (Å²) < 4.78 is 6.34. The molecule has 2 heterocycles. The van der Waals surface area contributed by atoms with Gasteiger partial charge in [0.1, 0.15) is 6.10 Å². The van der Waals surface area contributed by atoms with Gasteiger partial charge in [0, 0.05) is 18.3 Å². The van der Waals surface area contributed by atoms with E-state index < -0.39 is 0 Å². The van der Waals surface area contributed by atoms with Crippen LogP contribution in [0.15, 0.2) is 47.3 Å². The van der Waals surface area contributed by atoms with E-state index in [4.69, 9.17) is 4.74 Å². The number of rotatable bonds is 4. The first-order chi connectivity index (χ1) is 12.7. The zero-order valence-electron chi connectivity index (χ0n) is 15.0. The van der Waals surface area contributed by atoms with Gasteiger partial charge in [-0.05, 0) is 36.8 Å². The molecule has 26 heavy (non-hydrogen) atoms. The molecule has 2 fully saturated rings. The van der Waals surface area contributed by atoms with Gasteiger partial charge in [-0.1, -0.05) is 37.3 Å². The molecule has 2 atom stereocenters. The minimum absolute atomic E-state index is 0.0204. The van der Waals surface area contributed by atoms with E-state index in [1.54, 1.807) is 6.07 Å². The number of hydrogen-bond acceptors (Lipinski definition) is 3. The van der Waals surface area contributed by atoms with Crippen LogP contribution in [0.3, 0.4) is 0 Å². The van der Waals surface area contributed by atoms with Gasteiger partial charge in [-0.3, -0.25) is 9.59 Å². The number of carbonyl (C=O) groups is 1. The van der Waals surface area contributed by atoms with Crippen molar-refractivity contribution in [1.29, 1.82) is 0 Å². The fraction of sp³-hybridized carbons (Fsp3) is 0.429. The molecule has 0 unspecified atom stereocenters. The summed E-state index contributed by atoms with van der Waals surface area (Å²) in [6, 6.07) is 13.2. The summed E-state index contributed by atoms with van der Waals surface area (Å²) in [5.74, 6) is 0.533. The van der Waals surface area contributed by atoms with Crippen LogP contribution in [0.5, 0.6) is 0 Å². The number of H-pyrrole nitrogens is 1. The molecule has 136 valence electrons. The molecule has 4 rings (SSSR count). The van der Waals surface area contributed by atoms with E-state index in [1.807, 2.05) is 30.0 Å². The zero-order chi connectivity index (χ0) is 18.1. The molecule has 1 aromatic carbocycles. The van der Waals surface area contributed by atoms with Crippen molar-refractivity contribution in [2.75, 3.05) is 13.1 Å². The number of pyridine rings is 1. The summed E-state index contributed by atoms with van der Waals surface area (Å²) in [5, 5.41) is 0. The molecule has 2 aliphatic rings. The Balaban J connectivity index is 1.62. The Kier molecular flexibility index (Phi) is 4.64. The molecule has 1 saturated carbocycles. The largest absolute Gasteiger partial charge is 0.366 e. The molecule has 1 aromatic heterocycles. The Bertz CT molecular complexity index is 842. The molecule has 2 aromatic rings. The number of nitrogens with zero attached hydrogens (tertiary/aromatic N) is 1. The number of ether oxygens (including phenoxy) is 1. The van der Waals surface area contributed by atoms with Gasteiger partial charge in [-0.2, -0.15) is 0 Å². The van der Waals surface area contributed by atoms with E-state index in [2.05, 4.69) is 17.1 Å². The highest BCUT2D eigenvalue weighted by Crippen LogP contribution is 2.39. The van der Waals surface area contributed by atoms with Gasteiger partial charge < -0.3 is 14.6 Å². The van der Waals surface area contributed by atoms with Crippen molar-refractivity contribution in [3.63, 3.8) is 0 Å². The molecule has 5 heteroatoms. The van der Waals surface area contributed by atoms with Crippen molar-refractivity contribution in [3.05, 3.63) is 69.6 Å². The van der Waals surface area contributed by atoms with Crippen LogP contribution in [0.2, 0.25) is 0 Å². The average Bonchev–Trinajstić information content (AvgIpc) is 3.53. The topological polar surface area (TPSA) is 62.4 Å². The molecular formula is C21H24N2O3. The molecule has 0 bridgehead atoms. The van der Waals surface area contributed by atoms with Crippen LogP contribution in [-0.4, -0.2) is 35.0 Å². The summed E-state index contributed by atoms with van der Waals surface area (Å²) in [6.07, 6.45) is 2.95. The van der Waals surface area contributed by atoms with E-state index in [0.717, 1.165) is 5.56 Å². The number of hydrogen-bond donors (Lipinski definition) is 1. The summed E-state index contributed by atoms with van der Waals surface area (Å²) in [5.41, 5.74) is 2.23. The van der Waals surface area contributed by atoms with Crippen LogP contribution in [0, 0.1) is 5.92 Å². The van der Waals surface area contributed by atoms with Crippen LogP contribution in [0.25, 0.3) is 0 Å². The number of morpholine rings is 1.